The summed E-state index contributed by atoms with van der Waals surface area (Å²) < 4.78 is 1.86. The van der Waals surface area contributed by atoms with Gasteiger partial charge in [-0.25, -0.2) is 4.98 Å². The number of nitriles is 1. The largest absolute Gasteiger partial charge is 0.342 e. The average molecular weight is 415 g/mol. The molecule has 0 spiro atoms. The van der Waals surface area contributed by atoms with Crippen molar-refractivity contribution in [2.45, 2.75) is 25.3 Å². The van der Waals surface area contributed by atoms with Crippen molar-refractivity contribution < 1.29 is 9.59 Å². The first-order chi connectivity index (χ1) is 15.1. The van der Waals surface area contributed by atoms with Crippen molar-refractivity contribution in [2.75, 3.05) is 11.4 Å². The Labute approximate surface area is 181 Å². The lowest BCUT2D eigenvalue weighted by molar-refractivity contribution is -0.125. The molecule has 1 N–H and O–H groups in total. The number of hydrogen-bond donors (Lipinski definition) is 1. The Hall–Kier alpha value is -3.92. The van der Waals surface area contributed by atoms with Crippen LogP contribution in [0.1, 0.15) is 36.7 Å². The van der Waals surface area contributed by atoms with Crippen LogP contribution in [0.4, 0.5) is 5.69 Å². The zero-order chi connectivity index (χ0) is 22.1. The maximum Gasteiger partial charge on any atom is 0.227 e. The minimum absolute atomic E-state index is 0.0441. The average Bonchev–Trinajstić information content (AvgIpc) is 3.23. The smallest absolute Gasteiger partial charge is 0.227 e. The van der Waals surface area contributed by atoms with E-state index in [1.54, 1.807) is 11.1 Å². The SMILES string of the molecule is Cn1ccnc1C(NC(=O)CCC(=O)N(CCC#N)c1ccccc1)c1ccccc1. The van der Waals surface area contributed by atoms with E-state index in [0.29, 0.717) is 12.4 Å². The molecule has 0 saturated heterocycles. The van der Waals surface area contributed by atoms with Crippen LogP contribution in [0.2, 0.25) is 0 Å². The summed E-state index contributed by atoms with van der Waals surface area (Å²) in [5.41, 5.74) is 1.63. The molecule has 0 aliphatic rings. The van der Waals surface area contributed by atoms with Crippen LogP contribution < -0.4 is 10.2 Å². The van der Waals surface area contributed by atoms with Crippen LogP contribution in [-0.4, -0.2) is 27.9 Å². The molecule has 3 aromatic rings. The summed E-state index contributed by atoms with van der Waals surface area (Å²) in [7, 11) is 1.88. The van der Waals surface area contributed by atoms with E-state index in [4.69, 9.17) is 5.26 Å². The molecule has 3 rings (SSSR count). The molecular formula is C24H25N5O2. The highest BCUT2D eigenvalue weighted by molar-refractivity contribution is 5.95. The van der Waals surface area contributed by atoms with Gasteiger partial charge in [-0.05, 0) is 17.7 Å². The van der Waals surface area contributed by atoms with Crippen LogP contribution in [0.25, 0.3) is 0 Å². The molecule has 31 heavy (non-hydrogen) atoms. The van der Waals surface area contributed by atoms with Crippen molar-refractivity contribution in [3.05, 3.63) is 84.4 Å². The third-order valence-corrected chi connectivity index (χ3v) is 4.94. The summed E-state index contributed by atoms with van der Waals surface area (Å²) in [4.78, 5) is 31.5. The Morgan fingerprint density at radius 2 is 1.77 bits per heavy atom. The number of nitrogens with one attached hydrogen (secondary N) is 1. The van der Waals surface area contributed by atoms with Crippen LogP contribution >= 0.6 is 0 Å². The van der Waals surface area contributed by atoms with Crippen LogP contribution in [0.15, 0.2) is 73.1 Å². The van der Waals surface area contributed by atoms with Crippen molar-refractivity contribution in [3.63, 3.8) is 0 Å². The number of benzene rings is 2. The number of anilines is 1. The molecule has 158 valence electrons. The summed E-state index contributed by atoms with van der Waals surface area (Å²) in [6, 6.07) is 20.5. The molecule has 7 heteroatoms. The third-order valence-electron chi connectivity index (χ3n) is 4.94. The fourth-order valence-electron chi connectivity index (χ4n) is 3.35. The van der Waals surface area contributed by atoms with Gasteiger partial charge in [0.1, 0.15) is 11.9 Å². The van der Waals surface area contributed by atoms with E-state index in [0.717, 1.165) is 11.3 Å². The van der Waals surface area contributed by atoms with E-state index in [9.17, 15) is 9.59 Å². The molecule has 1 aromatic heterocycles. The van der Waals surface area contributed by atoms with Crippen molar-refractivity contribution in [2.24, 2.45) is 7.05 Å². The number of imidazole rings is 1. The predicted molar refractivity (Wildman–Crippen MR) is 118 cm³/mol. The number of para-hydroxylation sites is 1. The standard InChI is InChI=1S/C24H25N5O2/c1-28-18-16-26-24(28)23(19-9-4-2-5-10-19)27-21(30)13-14-22(31)29(17-8-15-25)20-11-6-3-7-12-20/h2-7,9-12,16,18,23H,8,13-14,17H2,1H3,(H,27,30). The van der Waals surface area contributed by atoms with Crippen LogP contribution in [0, 0.1) is 11.3 Å². The number of carbonyl (C=O) groups excluding carboxylic acids is 2. The number of aromatic nitrogens is 2. The number of rotatable bonds is 9. The minimum atomic E-state index is -0.410. The molecule has 0 saturated carbocycles. The van der Waals surface area contributed by atoms with Gasteiger partial charge in [0.2, 0.25) is 11.8 Å². The number of carbonyl (C=O) groups is 2. The van der Waals surface area contributed by atoms with E-state index < -0.39 is 6.04 Å². The van der Waals surface area contributed by atoms with E-state index in [-0.39, 0.29) is 31.1 Å². The maximum absolute atomic E-state index is 12.8. The van der Waals surface area contributed by atoms with E-state index in [2.05, 4.69) is 16.4 Å². The molecule has 2 aromatic carbocycles. The molecule has 0 bridgehead atoms. The molecule has 2 amide bonds. The van der Waals surface area contributed by atoms with Crippen molar-refractivity contribution >= 4 is 17.5 Å². The first-order valence-electron chi connectivity index (χ1n) is 10.1. The first kappa shape index (κ1) is 21.8. The monoisotopic (exact) mass is 415 g/mol. The van der Waals surface area contributed by atoms with Crippen molar-refractivity contribution in [1.82, 2.24) is 14.9 Å². The second-order valence-corrected chi connectivity index (χ2v) is 7.10. The molecule has 0 radical (unpaired) electrons. The normalized spacial score (nSPS) is 11.4. The molecule has 0 aliphatic carbocycles. The van der Waals surface area contributed by atoms with Gasteiger partial charge >= 0.3 is 0 Å². The number of hydrogen-bond acceptors (Lipinski definition) is 4. The Kier molecular flexibility index (Phi) is 7.55. The van der Waals surface area contributed by atoms with Gasteiger partial charge in [0.05, 0.1) is 12.5 Å². The Morgan fingerprint density at radius 1 is 1.10 bits per heavy atom. The van der Waals surface area contributed by atoms with Gasteiger partial charge in [0.25, 0.3) is 0 Å². The predicted octanol–water partition coefficient (Wildman–Crippen LogP) is 3.35. The van der Waals surface area contributed by atoms with Gasteiger partial charge in [-0.3, -0.25) is 9.59 Å². The van der Waals surface area contributed by atoms with Gasteiger partial charge in [-0.2, -0.15) is 5.26 Å². The number of nitrogens with zero attached hydrogens (tertiary/aromatic N) is 4. The van der Waals surface area contributed by atoms with E-state index in [1.165, 1.54) is 0 Å². The fraction of sp³-hybridized carbons (Fsp3) is 0.250. The molecule has 0 aliphatic heterocycles. The van der Waals surface area contributed by atoms with Gasteiger partial charge in [-0.1, -0.05) is 48.5 Å². The highest BCUT2D eigenvalue weighted by Crippen LogP contribution is 2.21. The summed E-state index contributed by atoms with van der Waals surface area (Å²) in [6.07, 6.45) is 3.83. The van der Waals surface area contributed by atoms with E-state index in [1.807, 2.05) is 78.5 Å². The van der Waals surface area contributed by atoms with Crippen LogP contribution in [0.5, 0.6) is 0 Å². The van der Waals surface area contributed by atoms with Gasteiger partial charge in [0, 0.05) is 44.5 Å². The summed E-state index contributed by atoms with van der Waals surface area (Å²) >= 11 is 0. The van der Waals surface area contributed by atoms with Crippen molar-refractivity contribution in [3.8, 4) is 6.07 Å². The zero-order valence-corrected chi connectivity index (χ0v) is 17.4. The van der Waals surface area contributed by atoms with Crippen LogP contribution in [0.3, 0.4) is 0 Å². The quantitative estimate of drug-likeness (QED) is 0.580. The highest BCUT2D eigenvalue weighted by Gasteiger charge is 2.22. The molecule has 1 unspecified atom stereocenters. The van der Waals surface area contributed by atoms with Crippen molar-refractivity contribution in [1.29, 1.82) is 5.26 Å². The minimum Gasteiger partial charge on any atom is -0.342 e. The Morgan fingerprint density at radius 3 is 2.39 bits per heavy atom. The first-order valence-corrected chi connectivity index (χ1v) is 10.1. The van der Waals surface area contributed by atoms with Gasteiger partial charge in [0.15, 0.2) is 0 Å². The molecule has 1 heterocycles. The fourth-order valence-corrected chi connectivity index (χ4v) is 3.35. The maximum atomic E-state index is 12.8. The van der Waals surface area contributed by atoms with Gasteiger partial charge < -0.3 is 14.8 Å². The second kappa shape index (κ2) is 10.7. The topological polar surface area (TPSA) is 91.0 Å². The Balaban J connectivity index is 1.67. The lowest BCUT2D eigenvalue weighted by Gasteiger charge is -2.22. The number of amides is 2. The zero-order valence-electron chi connectivity index (χ0n) is 17.4. The number of aryl methyl sites for hydroxylation is 1. The molecule has 1 atom stereocenters. The van der Waals surface area contributed by atoms with Crippen LogP contribution in [-0.2, 0) is 16.6 Å². The molecule has 7 nitrogen and oxygen atoms in total. The van der Waals surface area contributed by atoms with E-state index >= 15 is 0 Å². The third kappa shape index (κ3) is 5.80. The lowest BCUT2D eigenvalue weighted by Crippen LogP contribution is -2.34. The molecule has 0 fully saturated rings. The summed E-state index contributed by atoms with van der Waals surface area (Å²) in [5, 5.41) is 11.9. The van der Waals surface area contributed by atoms with Gasteiger partial charge in [-0.15, -0.1) is 0 Å². The molecular weight excluding hydrogens is 390 g/mol. The lowest BCUT2D eigenvalue weighted by atomic mass is 10.1. The summed E-state index contributed by atoms with van der Waals surface area (Å²) in [6.45, 7) is 0.293. The second-order valence-electron chi connectivity index (χ2n) is 7.10. The Bertz CT molecular complexity index is 1040. The summed E-state index contributed by atoms with van der Waals surface area (Å²) in [5.74, 6) is 0.286. The highest BCUT2D eigenvalue weighted by atomic mass is 16.2.